The first-order chi connectivity index (χ1) is 16.5. The molecule has 0 aliphatic carbocycles. The summed E-state index contributed by atoms with van der Waals surface area (Å²) in [6.07, 6.45) is 3.05. The number of carbonyl (C=O) groups is 2. The molecule has 0 radical (unpaired) electrons. The second-order valence-corrected chi connectivity index (χ2v) is 8.78. The molecule has 1 fully saturated rings. The number of benzene rings is 2. The van der Waals surface area contributed by atoms with Crippen LogP contribution in [0.3, 0.4) is 0 Å². The minimum absolute atomic E-state index is 0.138. The Morgan fingerprint density at radius 2 is 1.71 bits per heavy atom. The fourth-order valence-corrected chi connectivity index (χ4v) is 4.71. The van der Waals surface area contributed by atoms with Crippen LogP contribution in [0.15, 0.2) is 59.4 Å². The number of amides is 1. The van der Waals surface area contributed by atoms with Crippen molar-refractivity contribution in [1.82, 2.24) is 9.47 Å². The van der Waals surface area contributed by atoms with Crippen LogP contribution in [0, 0.1) is 0 Å². The molecule has 0 unspecified atom stereocenters. The predicted molar refractivity (Wildman–Crippen MR) is 132 cm³/mol. The van der Waals surface area contributed by atoms with E-state index in [0.29, 0.717) is 35.5 Å². The smallest absolute Gasteiger partial charge is 0.333 e. The normalized spacial score (nSPS) is 14.9. The summed E-state index contributed by atoms with van der Waals surface area (Å²) in [5, 5.41) is 0. The molecule has 34 heavy (non-hydrogen) atoms. The molecule has 1 saturated heterocycles. The van der Waals surface area contributed by atoms with Crippen LogP contribution in [0.1, 0.15) is 12.5 Å². The van der Waals surface area contributed by atoms with E-state index in [9.17, 15) is 14.4 Å². The van der Waals surface area contributed by atoms with Crippen molar-refractivity contribution in [2.24, 2.45) is 0 Å². The van der Waals surface area contributed by atoms with Crippen LogP contribution in [-0.2, 0) is 25.6 Å². The molecule has 2 heterocycles. The highest BCUT2D eigenvalue weighted by Gasteiger charge is 2.19. The highest BCUT2D eigenvalue weighted by Crippen LogP contribution is 2.19. The predicted octanol–water partition coefficient (Wildman–Crippen LogP) is 1.61. The first-order valence-electron chi connectivity index (χ1n) is 11.2. The highest BCUT2D eigenvalue weighted by molar-refractivity contribution is 7.07. The first kappa shape index (κ1) is 23.7. The zero-order chi connectivity index (χ0) is 23.9. The Morgan fingerprint density at radius 3 is 2.38 bits per heavy atom. The highest BCUT2D eigenvalue weighted by atomic mass is 32.1. The zero-order valence-electron chi connectivity index (χ0n) is 18.9. The third kappa shape index (κ3) is 5.70. The van der Waals surface area contributed by atoms with Gasteiger partial charge in [0, 0.05) is 13.1 Å². The second-order valence-electron chi connectivity index (χ2n) is 7.72. The molecule has 0 spiro atoms. The summed E-state index contributed by atoms with van der Waals surface area (Å²) in [6, 6.07) is 17.9. The van der Waals surface area contributed by atoms with Crippen LogP contribution >= 0.6 is 11.3 Å². The van der Waals surface area contributed by atoms with Crippen LogP contribution in [0.2, 0.25) is 0 Å². The maximum absolute atomic E-state index is 13.2. The third-order valence-corrected chi connectivity index (χ3v) is 6.50. The molecular weight excluding hydrogens is 452 g/mol. The Kier molecular flexibility index (Phi) is 7.72. The van der Waals surface area contributed by atoms with E-state index in [2.05, 4.69) is 0 Å². The van der Waals surface area contributed by atoms with Crippen molar-refractivity contribution < 1.29 is 19.1 Å². The number of carbonyl (C=O) groups excluding carboxylic acids is 2. The van der Waals surface area contributed by atoms with E-state index in [1.165, 1.54) is 22.0 Å². The molecule has 2 aromatic carbocycles. The summed E-state index contributed by atoms with van der Waals surface area (Å²) in [7, 11) is 0. The average molecular weight is 479 g/mol. The molecule has 0 N–H and O–H groups in total. The van der Waals surface area contributed by atoms with Crippen LogP contribution in [-0.4, -0.2) is 54.3 Å². The van der Waals surface area contributed by atoms with Crippen LogP contribution in [0.5, 0.6) is 0 Å². The standard InChI is InChI=1S/C26H26N2O5S/c1-2-33-25(30)17-24-28(18-23(29)27-12-14-32-15-13-27)26(31)22(34-24)16-19-8-10-21(11-9-19)20-6-4-3-5-7-20/h3-11,16-17H,2,12-15,18H2,1H3/b22-16-,24-17-. The molecular formula is C26H26N2O5S. The van der Waals surface area contributed by atoms with Gasteiger partial charge >= 0.3 is 5.97 Å². The molecule has 8 heteroatoms. The Hall–Kier alpha value is -3.49. The Morgan fingerprint density at radius 1 is 1.03 bits per heavy atom. The summed E-state index contributed by atoms with van der Waals surface area (Å²) >= 11 is 1.17. The molecule has 1 amide bonds. The van der Waals surface area contributed by atoms with Crippen molar-refractivity contribution >= 4 is 35.4 Å². The van der Waals surface area contributed by atoms with Gasteiger partial charge in [-0.1, -0.05) is 54.6 Å². The largest absolute Gasteiger partial charge is 0.463 e. The molecule has 3 aromatic rings. The van der Waals surface area contributed by atoms with Gasteiger partial charge in [-0.3, -0.25) is 14.2 Å². The lowest BCUT2D eigenvalue weighted by Gasteiger charge is -2.26. The third-order valence-electron chi connectivity index (χ3n) is 5.44. The fraction of sp³-hybridized carbons (Fsp3) is 0.269. The van der Waals surface area contributed by atoms with Gasteiger partial charge in [-0.15, -0.1) is 11.3 Å². The number of esters is 1. The van der Waals surface area contributed by atoms with Crippen molar-refractivity contribution in [3.63, 3.8) is 0 Å². The van der Waals surface area contributed by atoms with E-state index >= 15 is 0 Å². The van der Waals surface area contributed by atoms with Crippen molar-refractivity contribution in [3.8, 4) is 11.1 Å². The zero-order valence-corrected chi connectivity index (χ0v) is 19.8. The SMILES string of the molecule is CCOC(=O)/C=c1\s/c(=C\c2ccc(-c3ccccc3)cc2)c(=O)n1CC(=O)N1CCOCC1. The van der Waals surface area contributed by atoms with Gasteiger partial charge in [0.05, 0.1) is 30.4 Å². The minimum Gasteiger partial charge on any atom is -0.463 e. The Labute approximate surface area is 201 Å². The Bertz CT molecular complexity index is 1320. The van der Waals surface area contributed by atoms with Gasteiger partial charge in [0.15, 0.2) is 0 Å². The molecule has 0 saturated carbocycles. The summed E-state index contributed by atoms with van der Waals surface area (Å²) in [6.45, 7) is 3.73. The fourth-order valence-electron chi connectivity index (χ4n) is 3.68. The maximum atomic E-state index is 13.2. The Balaban J connectivity index is 1.68. The van der Waals surface area contributed by atoms with Crippen LogP contribution in [0.4, 0.5) is 0 Å². The molecule has 176 valence electrons. The number of hydrogen-bond acceptors (Lipinski definition) is 6. The van der Waals surface area contributed by atoms with Gasteiger partial charge < -0.3 is 14.4 Å². The molecule has 1 aliphatic heterocycles. The lowest BCUT2D eigenvalue weighted by atomic mass is 10.0. The quantitative estimate of drug-likeness (QED) is 0.503. The topological polar surface area (TPSA) is 77.8 Å². The molecule has 0 bridgehead atoms. The number of hydrogen-bond donors (Lipinski definition) is 0. The van der Waals surface area contributed by atoms with Crippen molar-refractivity contribution in [2.45, 2.75) is 13.5 Å². The summed E-state index contributed by atoms with van der Waals surface area (Å²) in [5.74, 6) is -0.726. The second kappa shape index (κ2) is 11.1. The van der Waals surface area contributed by atoms with Crippen molar-refractivity contribution in [3.05, 3.63) is 79.7 Å². The lowest BCUT2D eigenvalue weighted by molar-refractivity contribution is -0.136. The average Bonchev–Trinajstić information content (AvgIpc) is 3.14. The maximum Gasteiger partial charge on any atom is 0.333 e. The monoisotopic (exact) mass is 478 g/mol. The van der Waals surface area contributed by atoms with Crippen molar-refractivity contribution in [1.29, 1.82) is 0 Å². The molecule has 0 atom stereocenters. The van der Waals surface area contributed by atoms with Gasteiger partial charge in [-0.2, -0.15) is 0 Å². The van der Waals surface area contributed by atoms with E-state index in [1.807, 2.05) is 54.6 Å². The summed E-state index contributed by atoms with van der Waals surface area (Å²) in [5.41, 5.74) is 2.73. The number of rotatable bonds is 6. The van der Waals surface area contributed by atoms with E-state index < -0.39 is 5.97 Å². The first-order valence-corrected chi connectivity index (χ1v) is 12.0. The molecule has 1 aliphatic rings. The van der Waals surface area contributed by atoms with Crippen LogP contribution in [0.25, 0.3) is 23.3 Å². The number of morpholine rings is 1. The van der Waals surface area contributed by atoms with Crippen LogP contribution < -0.4 is 14.8 Å². The molecule has 1 aromatic heterocycles. The van der Waals surface area contributed by atoms with Crippen molar-refractivity contribution in [2.75, 3.05) is 32.9 Å². The number of aromatic nitrogens is 1. The molecule has 7 nitrogen and oxygen atoms in total. The summed E-state index contributed by atoms with van der Waals surface area (Å²) in [4.78, 5) is 39.8. The van der Waals surface area contributed by atoms with Gasteiger partial charge in [0.2, 0.25) is 5.91 Å². The van der Waals surface area contributed by atoms with E-state index in [0.717, 1.165) is 16.7 Å². The van der Waals surface area contributed by atoms with Gasteiger partial charge in [0.1, 0.15) is 11.2 Å². The van der Waals surface area contributed by atoms with Gasteiger partial charge in [0.25, 0.3) is 5.56 Å². The minimum atomic E-state index is -0.546. The molecule has 4 rings (SSSR count). The lowest BCUT2D eigenvalue weighted by Crippen LogP contribution is -2.45. The number of nitrogens with zero attached hydrogens (tertiary/aromatic N) is 2. The van der Waals surface area contributed by atoms with E-state index in [4.69, 9.17) is 9.47 Å². The van der Waals surface area contributed by atoms with E-state index in [-0.39, 0.29) is 24.6 Å². The van der Waals surface area contributed by atoms with E-state index in [1.54, 1.807) is 17.9 Å². The van der Waals surface area contributed by atoms with Gasteiger partial charge in [-0.05, 0) is 29.7 Å². The summed E-state index contributed by atoms with van der Waals surface area (Å²) < 4.78 is 12.5. The number of thiazole rings is 1. The van der Waals surface area contributed by atoms with Gasteiger partial charge in [-0.25, -0.2) is 4.79 Å². The number of ether oxygens (including phenoxy) is 2.